The van der Waals surface area contributed by atoms with Gasteiger partial charge in [0.2, 0.25) is 5.91 Å². The van der Waals surface area contributed by atoms with E-state index in [0.717, 1.165) is 25.8 Å². The van der Waals surface area contributed by atoms with Crippen LogP contribution in [0.3, 0.4) is 0 Å². The second kappa shape index (κ2) is 5.62. The molecule has 2 atom stereocenters. The lowest BCUT2D eigenvalue weighted by atomic mass is 9.95. The molecule has 0 spiro atoms. The van der Waals surface area contributed by atoms with Crippen molar-refractivity contribution in [3.05, 3.63) is 12.2 Å². The number of hydrogen-bond acceptors (Lipinski definition) is 1. The quantitative estimate of drug-likeness (QED) is 0.483. The average Bonchev–Trinajstić information content (AvgIpc) is 2.15. The summed E-state index contributed by atoms with van der Waals surface area (Å²) in [6.07, 6.45) is 7.32. The zero-order chi connectivity index (χ0) is 9.68. The number of hydrogen-bond donors (Lipinski definition) is 1. The van der Waals surface area contributed by atoms with Crippen molar-refractivity contribution in [3.8, 4) is 0 Å². The normalized spacial score (nSPS) is 27.2. The minimum absolute atomic E-state index is 0.123. The SMILES string of the molecule is CCCNC(=O)C1C=CC(I)CC1. The Hall–Kier alpha value is -0.0600. The summed E-state index contributed by atoms with van der Waals surface area (Å²) in [5.74, 6) is 0.318. The van der Waals surface area contributed by atoms with Crippen molar-refractivity contribution >= 4 is 28.5 Å². The van der Waals surface area contributed by atoms with E-state index in [9.17, 15) is 4.79 Å². The number of carbonyl (C=O) groups is 1. The first kappa shape index (κ1) is 11.0. The van der Waals surface area contributed by atoms with Gasteiger partial charge in [-0.05, 0) is 19.3 Å². The van der Waals surface area contributed by atoms with Gasteiger partial charge in [0.25, 0.3) is 0 Å². The highest BCUT2D eigenvalue weighted by Crippen LogP contribution is 2.22. The van der Waals surface area contributed by atoms with Crippen LogP contribution in [0.25, 0.3) is 0 Å². The molecule has 1 N–H and O–H groups in total. The average molecular weight is 293 g/mol. The second-order valence-corrected chi connectivity index (χ2v) is 4.98. The molecule has 1 aliphatic rings. The number of amides is 1. The Labute approximate surface area is 93.3 Å². The largest absolute Gasteiger partial charge is 0.356 e. The summed E-state index contributed by atoms with van der Waals surface area (Å²) >= 11 is 2.40. The molecule has 1 amide bonds. The van der Waals surface area contributed by atoms with Crippen LogP contribution < -0.4 is 5.32 Å². The third-order valence-corrected chi connectivity index (χ3v) is 3.23. The first-order chi connectivity index (χ1) is 6.24. The number of carbonyl (C=O) groups excluding carboxylic acids is 1. The first-order valence-electron chi connectivity index (χ1n) is 4.84. The smallest absolute Gasteiger partial charge is 0.226 e. The van der Waals surface area contributed by atoms with E-state index in [1.54, 1.807) is 0 Å². The number of allylic oxidation sites excluding steroid dienone is 1. The molecular weight excluding hydrogens is 277 g/mol. The van der Waals surface area contributed by atoms with E-state index in [-0.39, 0.29) is 11.8 Å². The molecular formula is C10H16INO. The minimum atomic E-state index is 0.123. The molecule has 1 rings (SSSR count). The van der Waals surface area contributed by atoms with E-state index in [0.29, 0.717) is 3.92 Å². The zero-order valence-corrected chi connectivity index (χ0v) is 10.1. The topological polar surface area (TPSA) is 29.1 Å². The summed E-state index contributed by atoms with van der Waals surface area (Å²) in [5, 5.41) is 2.92. The molecule has 13 heavy (non-hydrogen) atoms. The van der Waals surface area contributed by atoms with Crippen LogP contribution in [-0.4, -0.2) is 16.4 Å². The van der Waals surface area contributed by atoms with Crippen molar-refractivity contribution in [1.29, 1.82) is 0 Å². The van der Waals surface area contributed by atoms with Crippen LogP contribution in [0.15, 0.2) is 12.2 Å². The number of alkyl halides is 1. The van der Waals surface area contributed by atoms with E-state index in [4.69, 9.17) is 0 Å². The summed E-state index contributed by atoms with van der Waals surface area (Å²) in [7, 11) is 0. The molecule has 0 bridgehead atoms. The third-order valence-electron chi connectivity index (χ3n) is 2.19. The van der Waals surface area contributed by atoms with Crippen molar-refractivity contribution in [2.45, 2.75) is 30.1 Å². The molecule has 0 aromatic rings. The Bertz CT molecular complexity index is 203. The molecule has 1 aliphatic carbocycles. The second-order valence-electron chi connectivity index (χ2n) is 3.38. The summed E-state index contributed by atoms with van der Waals surface area (Å²) in [6.45, 7) is 2.87. The molecule has 0 aromatic carbocycles. The molecule has 0 fully saturated rings. The maximum Gasteiger partial charge on any atom is 0.226 e. The fraction of sp³-hybridized carbons (Fsp3) is 0.700. The van der Waals surface area contributed by atoms with E-state index < -0.39 is 0 Å². The summed E-state index contributed by atoms with van der Waals surface area (Å²) in [5.41, 5.74) is 0. The van der Waals surface area contributed by atoms with Crippen LogP contribution in [0.4, 0.5) is 0 Å². The zero-order valence-electron chi connectivity index (χ0n) is 7.92. The number of rotatable bonds is 3. The lowest BCUT2D eigenvalue weighted by Crippen LogP contribution is -2.31. The van der Waals surface area contributed by atoms with Gasteiger partial charge in [-0.25, -0.2) is 0 Å². The highest BCUT2D eigenvalue weighted by atomic mass is 127. The summed E-state index contributed by atoms with van der Waals surface area (Å²) < 4.78 is 0.618. The Kier molecular flexibility index (Phi) is 4.77. The maximum absolute atomic E-state index is 11.5. The van der Waals surface area contributed by atoms with Crippen LogP contribution in [0.2, 0.25) is 0 Å². The Morgan fingerprint density at radius 1 is 1.54 bits per heavy atom. The van der Waals surface area contributed by atoms with Crippen molar-refractivity contribution < 1.29 is 4.79 Å². The standard InChI is InChI=1S/C10H16INO/c1-2-7-12-10(13)8-3-5-9(11)6-4-8/h3,5,8-9H,2,4,6-7H2,1H3,(H,12,13). The van der Waals surface area contributed by atoms with Crippen molar-refractivity contribution in [2.75, 3.05) is 6.54 Å². The molecule has 74 valence electrons. The molecule has 0 heterocycles. The van der Waals surface area contributed by atoms with Gasteiger partial charge in [0.05, 0.1) is 5.92 Å². The minimum Gasteiger partial charge on any atom is -0.356 e. The van der Waals surface area contributed by atoms with Gasteiger partial charge in [-0.15, -0.1) is 0 Å². The van der Waals surface area contributed by atoms with Gasteiger partial charge in [0, 0.05) is 10.5 Å². The molecule has 0 aromatic heterocycles. The lowest BCUT2D eigenvalue weighted by Gasteiger charge is -2.18. The van der Waals surface area contributed by atoms with Crippen LogP contribution in [0.5, 0.6) is 0 Å². The Balaban J connectivity index is 2.35. The lowest BCUT2D eigenvalue weighted by molar-refractivity contribution is -0.123. The van der Waals surface area contributed by atoms with Crippen LogP contribution in [-0.2, 0) is 4.79 Å². The Morgan fingerprint density at radius 2 is 2.31 bits per heavy atom. The molecule has 0 saturated carbocycles. The molecule has 2 nitrogen and oxygen atoms in total. The van der Waals surface area contributed by atoms with E-state index in [2.05, 4.69) is 40.9 Å². The fourth-order valence-electron chi connectivity index (χ4n) is 1.38. The van der Waals surface area contributed by atoms with Gasteiger partial charge < -0.3 is 5.32 Å². The summed E-state index contributed by atoms with van der Waals surface area (Å²) in [4.78, 5) is 11.5. The first-order valence-corrected chi connectivity index (χ1v) is 6.08. The number of halogens is 1. The van der Waals surface area contributed by atoms with Gasteiger partial charge in [0.1, 0.15) is 0 Å². The Morgan fingerprint density at radius 3 is 2.85 bits per heavy atom. The highest BCUT2D eigenvalue weighted by molar-refractivity contribution is 14.1. The van der Waals surface area contributed by atoms with Gasteiger partial charge in [-0.2, -0.15) is 0 Å². The molecule has 0 radical (unpaired) electrons. The van der Waals surface area contributed by atoms with Gasteiger partial charge in [-0.1, -0.05) is 41.7 Å². The van der Waals surface area contributed by atoms with Gasteiger partial charge in [-0.3, -0.25) is 4.79 Å². The predicted molar refractivity (Wildman–Crippen MR) is 63.0 cm³/mol. The van der Waals surface area contributed by atoms with Crippen molar-refractivity contribution in [1.82, 2.24) is 5.32 Å². The van der Waals surface area contributed by atoms with Crippen LogP contribution >= 0.6 is 22.6 Å². The number of nitrogens with one attached hydrogen (secondary N) is 1. The predicted octanol–water partition coefficient (Wildman–Crippen LogP) is 2.28. The van der Waals surface area contributed by atoms with E-state index in [1.807, 2.05) is 6.08 Å². The van der Waals surface area contributed by atoms with E-state index >= 15 is 0 Å². The molecule has 2 unspecified atom stereocenters. The summed E-state index contributed by atoms with van der Waals surface area (Å²) in [6, 6.07) is 0. The molecule has 0 saturated heterocycles. The van der Waals surface area contributed by atoms with Crippen molar-refractivity contribution in [2.24, 2.45) is 5.92 Å². The van der Waals surface area contributed by atoms with Crippen molar-refractivity contribution in [3.63, 3.8) is 0 Å². The molecule has 3 heteroatoms. The highest BCUT2D eigenvalue weighted by Gasteiger charge is 2.19. The fourth-order valence-corrected chi connectivity index (χ4v) is 1.98. The van der Waals surface area contributed by atoms with Gasteiger partial charge in [0.15, 0.2) is 0 Å². The third kappa shape index (κ3) is 3.67. The van der Waals surface area contributed by atoms with Gasteiger partial charge >= 0.3 is 0 Å². The molecule has 0 aliphatic heterocycles. The van der Waals surface area contributed by atoms with E-state index in [1.165, 1.54) is 0 Å². The van der Waals surface area contributed by atoms with Crippen LogP contribution in [0, 0.1) is 5.92 Å². The van der Waals surface area contributed by atoms with Crippen LogP contribution in [0.1, 0.15) is 26.2 Å². The monoisotopic (exact) mass is 293 g/mol. The maximum atomic E-state index is 11.5.